The van der Waals surface area contributed by atoms with Crippen LogP contribution in [-0.4, -0.2) is 48.0 Å². The van der Waals surface area contributed by atoms with E-state index in [1.165, 1.54) is 31.5 Å². The van der Waals surface area contributed by atoms with E-state index in [9.17, 15) is 22.8 Å². The number of pyridine rings is 1. The molecule has 1 N–H and O–H groups in total. The van der Waals surface area contributed by atoms with Crippen molar-refractivity contribution in [1.29, 1.82) is 0 Å². The predicted octanol–water partition coefficient (Wildman–Crippen LogP) is 4.49. The molecule has 1 aromatic carbocycles. The zero-order chi connectivity index (χ0) is 22.9. The Bertz CT molecular complexity index is 1180. The van der Waals surface area contributed by atoms with Crippen LogP contribution in [0.2, 0.25) is 0 Å². The number of benzene rings is 1. The lowest BCUT2D eigenvalue weighted by Crippen LogP contribution is -2.29. The maximum Gasteiger partial charge on any atom is 0.349 e. The third kappa shape index (κ3) is 4.67. The van der Waals surface area contributed by atoms with Gasteiger partial charge in [-0.15, -0.1) is 0 Å². The molecule has 32 heavy (non-hydrogen) atoms. The molecule has 0 radical (unpaired) electrons. The smallest absolute Gasteiger partial charge is 0.349 e. The summed E-state index contributed by atoms with van der Waals surface area (Å²) in [6, 6.07) is 5.52. The number of carbonyl (C=O) groups is 2. The first-order valence-electron chi connectivity index (χ1n) is 9.84. The number of methoxy groups -OCH3 is 1. The molecule has 1 aliphatic heterocycles. The Morgan fingerprint density at radius 2 is 2.03 bits per heavy atom. The van der Waals surface area contributed by atoms with Crippen LogP contribution in [0.5, 0.6) is 0 Å². The number of nitrogens with zero attached hydrogens (tertiary/aromatic N) is 3. The van der Waals surface area contributed by atoms with Crippen LogP contribution in [0.1, 0.15) is 39.3 Å². The maximum absolute atomic E-state index is 13.9. The fraction of sp³-hybridized carbons (Fsp3) is 0.333. The molecule has 1 amide bonds. The number of hydrogen-bond donors (Lipinski definition) is 1. The Balaban J connectivity index is 1.70. The van der Waals surface area contributed by atoms with Gasteiger partial charge in [0.05, 0.1) is 24.4 Å². The first-order chi connectivity index (χ1) is 15.3. The number of hydrogen-bond acceptors (Lipinski definition) is 7. The molecule has 0 saturated carbocycles. The second kappa shape index (κ2) is 8.73. The summed E-state index contributed by atoms with van der Waals surface area (Å²) in [5, 5.41) is 3.31. The van der Waals surface area contributed by atoms with Gasteiger partial charge in [-0.1, -0.05) is 11.3 Å². The molecule has 1 aliphatic rings. The molecule has 1 saturated heterocycles. The summed E-state index contributed by atoms with van der Waals surface area (Å²) in [5.74, 6) is -4.23. The van der Waals surface area contributed by atoms with Crippen LogP contribution in [0.4, 0.5) is 24.1 Å². The van der Waals surface area contributed by atoms with Crippen molar-refractivity contribution < 1.29 is 27.5 Å². The normalized spacial score (nSPS) is 15.9. The highest BCUT2D eigenvalue weighted by molar-refractivity contribution is 7.17. The van der Waals surface area contributed by atoms with Crippen molar-refractivity contribution in [3.8, 4) is 0 Å². The SMILES string of the molecule is COC(=O)c1cnc(NC(=O)c2cc3ccc(F)cc3nc2N2CCCC(F)(F)CC2)s1. The molecule has 168 valence electrons. The number of esters is 1. The van der Waals surface area contributed by atoms with Crippen LogP contribution in [0, 0.1) is 5.82 Å². The Morgan fingerprint density at radius 3 is 2.81 bits per heavy atom. The van der Waals surface area contributed by atoms with Crippen LogP contribution in [0.3, 0.4) is 0 Å². The number of carbonyl (C=O) groups excluding carboxylic acids is 2. The van der Waals surface area contributed by atoms with Crippen molar-refractivity contribution in [3.05, 3.63) is 46.7 Å². The lowest BCUT2D eigenvalue weighted by Gasteiger charge is -2.24. The minimum absolute atomic E-state index is 0.00480. The van der Waals surface area contributed by atoms with Gasteiger partial charge in [0.2, 0.25) is 5.92 Å². The Labute approximate surface area is 185 Å². The summed E-state index contributed by atoms with van der Waals surface area (Å²) in [7, 11) is 1.24. The number of anilines is 2. The van der Waals surface area contributed by atoms with Crippen LogP contribution in [0.15, 0.2) is 30.5 Å². The number of alkyl halides is 2. The largest absolute Gasteiger partial charge is 0.465 e. The molecule has 4 rings (SSSR count). The van der Waals surface area contributed by atoms with Gasteiger partial charge < -0.3 is 9.64 Å². The molecule has 7 nitrogen and oxygen atoms in total. The first-order valence-corrected chi connectivity index (χ1v) is 10.7. The standard InChI is InChI=1S/C21H19F3N4O3S/c1-31-19(30)16-11-25-20(32-16)27-18(29)14-9-12-3-4-13(22)10-15(12)26-17(14)28-7-2-5-21(23,24)6-8-28/h3-4,9-11H,2,5-8H2,1H3,(H,25,27,29). The molecule has 0 spiro atoms. The average molecular weight is 464 g/mol. The number of halogens is 3. The first kappa shape index (κ1) is 22.0. The Kier molecular flexibility index (Phi) is 6.00. The molecule has 2 aromatic heterocycles. The molecule has 0 aliphatic carbocycles. The predicted molar refractivity (Wildman–Crippen MR) is 114 cm³/mol. The van der Waals surface area contributed by atoms with Crippen molar-refractivity contribution in [1.82, 2.24) is 9.97 Å². The van der Waals surface area contributed by atoms with E-state index in [1.807, 2.05) is 0 Å². The van der Waals surface area contributed by atoms with E-state index in [0.717, 1.165) is 11.3 Å². The zero-order valence-electron chi connectivity index (χ0n) is 17.0. The van der Waals surface area contributed by atoms with E-state index >= 15 is 0 Å². The molecule has 11 heteroatoms. The van der Waals surface area contributed by atoms with Crippen LogP contribution < -0.4 is 10.2 Å². The van der Waals surface area contributed by atoms with Gasteiger partial charge in [-0.3, -0.25) is 10.1 Å². The van der Waals surface area contributed by atoms with E-state index in [4.69, 9.17) is 0 Å². The highest BCUT2D eigenvalue weighted by Gasteiger charge is 2.33. The molecule has 0 unspecified atom stereocenters. The van der Waals surface area contributed by atoms with Crippen molar-refractivity contribution >= 4 is 45.1 Å². The van der Waals surface area contributed by atoms with Crippen LogP contribution in [-0.2, 0) is 4.74 Å². The van der Waals surface area contributed by atoms with E-state index in [-0.39, 0.29) is 53.7 Å². The summed E-state index contributed by atoms with van der Waals surface area (Å²) in [4.78, 5) is 35.0. The van der Waals surface area contributed by atoms with Gasteiger partial charge in [-0.2, -0.15) is 0 Å². The number of fused-ring (bicyclic) bond motifs is 1. The number of nitrogens with one attached hydrogen (secondary N) is 1. The lowest BCUT2D eigenvalue weighted by atomic mass is 10.1. The van der Waals surface area contributed by atoms with E-state index < -0.39 is 23.6 Å². The molecule has 0 bridgehead atoms. The molecular weight excluding hydrogens is 445 g/mol. The molecular formula is C21H19F3N4O3S. The summed E-state index contributed by atoms with van der Waals surface area (Å²) in [5.41, 5.74) is 0.457. The van der Waals surface area contributed by atoms with Gasteiger partial charge in [-0.25, -0.2) is 27.9 Å². The minimum atomic E-state index is -2.79. The van der Waals surface area contributed by atoms with Gasteiger partial charge in [0, 0.05) is 37.4 Å². The van der Waals surface area contributed by atoms with Crippen molar-refractivity contribution in [2.24, 2.45) is 0 Å². The van der Waals surface area contributed by atoms with Gasteiger partial charge in [-0.05, 0) is 24.6 Å². The quantitative estimate of drug-likeness (QED) is 0.573. The Morgan fingerprint density at radius 1 is 1.22 bits per heavy atom. The Hall–Kier alpha value is -3.21. The highest BCUT2D eigenvalue weighted by Crippen LogP contribution is 2.32. The van der Waals surface area contributed by atoms with E-state index in [1.54, 1.807) is 11.0 Å². The number of amides is 1. The molecule has 0 atom stereocenters. The summed E-state index contributed by atoms with van der Waals surface area (Å²) in [6.07, 6.45) is 0.895. The van der Waals surface area contributed by atoms with E-state index in [2.05, 4.69) is 20.0 Å². The summed E-state index contributed by atoms with van der Waals surface area (Å²) in [6.45, 7) is 0.290. The fourth-order valence-electron chi connectivity index (χ4n) is 3.51. The van der Waals surface area contributed by atoms with Crippen molar-refractivity contribution in [3.63, 3.8) is 0 Å². The van der Waals surface area contributed by atoms with Crippen molar-refractivity contribution in [2.45, 2.75) is 25.2 Å². The van der Waals surface area contributed by atoms with Crippen LogP contribution >= 0.6 is 11.3 Å². The lowest BCUT2D eigenvalue weighted by molar-refractivity contribution is -0.0102. The van der Waals surface area contributed by atoms with E-state index in [0.29, 0.717) is 10.9 Å². The number of ether oxygens (including phenoxy) is 1. The zero-order valence-corrected chi connectivity index (χ0v) is 17.8. The molecule has 3 heterocycles. The third-order valence-electron chi connectivity index (χ3n) is 5.13. The number of aromatic nitrogens is 2. The highest BCUT2D eigenvalue weighted by atomic mass is 32.1. The van der Waals surface area contributed by atoms with Gasteiger partial charge >= 0.3 is 5.97 Å². The van der Waals surface area contributed by atoms with Crippen LogP contribution in [0.25, 0.3) is 10.9 Å². The second-order valence-corrected chi connectivity index (χ2v) is 8.40. The monoisotopic (exact) mass is 464 g/mol. The average Bonchev–Trinajstić information content (AvgIpc) is 3.14. The van der Waals surface area contributed by atoms with Gasteiger partial charge in [0.15, 0.2) is 5.13 Å². The second-order valence-electron chi connectivity index (χ2n) is 7.37. The topological polar surface area (TPSA) is 84.4 Å². The minimum Gasteiger partial charge on any atom is -0.465 e. The maximum atomic E-state index is 13.9. The summed E-state index contributed by atoms with van der Waals surface area (Å²) >= 11 is 0.938. The summed E-state index contributed by atoms with van der Waals surface area (Å²) < 4.78 is 46.1. The third-order valence-corrected chi connectivity index (χ3v) is 6.03. The van der Waals surface area contributed by atoms with Gasteiger partial charge in [0.25, 0.3) is 5.91 Å². The molecule has 1 fully saturated rings. The number of rotatable bonds is 4. The van der Waals surface area contributed by atoms with Gasteiger partial charge in [0.1, 0.15) is 16.5 Å². The number of thiazole rings is 1. The molecule has 3 aromatic rings. The van der Waals surface area contributed by atoms with Crippen molar-refractivity contribution in [2.75, 3.05) is 30.4 Å². The fourth-order valence-corrected chi connectivity index (χ4v) is 4.23.